The van der Waals surface area contributed by atoms with E-state index in [1.165, 1.54) is 0 Å². The minimum Gasteiger partial charge on any atom is -0.363 e. The van der Waals surface area contributed by atoms with Crippen LogP contribution in [0.1, 0.15) is 20.8 Å². The Kier molecular flexibility index (Phi) is 4.11. The minimum atomic E-state index is -0.679. The lowest BCUT2D eigenvalue weighted by Gasteiger charge is -2.39. The van der Waals surface area contributed by atoms with E-state index < -0.39 is 5.60 Å². The molecule has 0 aromatic carbocycles. The van der Waals surface area contributed by atoms with Crippen molar-refractivity contribution >= 4 is 5.91 Å². The highest BCUT2D eigenvalue weighted by atomic mass is 16.5. The van der Waals surface area contributed by atoms with Crippen LogP contribution in [0.15, 0.2) is 0 Å². The first-order valence-corrected chi connectivity index (χ1v) is 5.56. The third-order valence-electron chi connectivity index (χ3n) is 2.68. The molecule has 1 heterocycles. The Morgan fingerprint density at radius 2 is 2.27 bits per heavy atom. The van der Waals surface area contributed by atoms with Crippen LogP contribution in [0.4, 0.5) is 0 Å². The summed E-state index contributed by atoms with van der Waals surface area (Å²) in [5, 5.41) is 2.66. The van der Waals surface area contributed by atoms with Gasteiger partial charge in [-0.2, -0.15) is 0 Å². The number of hydrogen-bond acceptors (Lipinski definition) is 3. The number of carbonyl (C=O) groups is 1. The zero-order valence-electron chi connectivity index (χ0n) is 10.2. The second kappa shape index (κ2) is 4.94. The SMILES string of the molecule is CNC(=O)[C@@]1(C)CN(CC(C)C)CCO1. The summed E-state index contributed by atoms with van der Waals surface area (Å²) >= 11 is 0. The summed E-state index contributed by atoms with van der Waals surface area (Å²) in [5.41, 5.74) is -0.679. The molecule has 15 heavy (non-hydrogen) atoms. The third-order valence-corrected chi connectivity index (χ3v) is 2.68. The van der Waals surface area contributed by atoms with E-state index >= 15 is 0 Å². The first-order chi connectivity index (χ1) is 6.98. The Labute approximate surface area is 92.0 Å². The molecule has 1 aliphatic rings. The number of nitrogens with one attached hydrogen (secondary N) is 1. The van der Waals surface area contributed by atoms with Crippen molar-refractivity contribution in [3.63, 3.8) is 0 Å². The van der Waals surface area contributed by atoms with Crippen LogP contribution in [0.3, 0.4) is 0 Å². The molecule has 4 nitrogen and oxygen atoms in total. The fraction of sp³-hybridized carbons (Fsp3) is 0.909. The standard InChI is InChI=1S/C11H22N2O2/c1-9(2)7-13-5-6-15-11(3,8-13)10(14)12-4/h9H,5-8H2,1-4H3,(H,12,14)/t11-/m1/s1. The molecule has 0 spiro atoms. The monoisotopic (exact) mass is 214 g/mol. The molecule has 1 N–H and O–H groups in total. The molecule has 0 aliphatic carbocycles. The van der Waals surface area contributed by atoms with Crippen LogP contribution in [-0.2, 0) is 9.53 Å². The molecule has 0 bridgehead atoms. The summed E-state index contributed by atoms with van der Waals surface area (Å²) in [6.45, 7) is 9.50. The zero-order chi connectivity index (χ0) is 11.5. The van der Waals surface area contributed by atoms with Gasteiger partial charge >= 0.3 is 0 Å². The molecule has 1 aliphatic heterocycles. The predicted molar refractivity (Wildman–Crippen MR) is 59.7 cm³/mol. The molecule has 0 saturated carbocycles. The summed E-state index contributed by atoms with van der Waals surface area (Å²) in [6.07, 6.45) is 0. The van der Waals surface area contributed by atoms with Crippen molar-refractivity contribution in [2.24, 2.45) is 5.92 Å². The molecule has 1 fully saturated rings. The molecule has 0 radical (unpaired) electrons. The predicted octanol–water partition coefficient (Wildman–Crippen LogP) is 0.479. The highest BCUT2D eigenvalue weighted by molar-refractivity contribution is 5.84. The lowest BCUT2D eigenvalue weighted by molar-refractivity contribution is -0.156. The van der Waals surface area contributed by atoms with E-state index in [-0.39, 0.29) is 5.91 Å². The normalized spacial score (nSPS) is 28.1. The Hall–Kier alpha value is -0.610. The smallest absolute Gasteiger partial charge is 0.253 e. The maximum Gasteiger partial charge on any atom is 0.253 e. The van der Waals surface area contributed by atoms with E-state index in [9.17, 15) is 4.79 Å². The van der Waals surface area contributed by atoms with Crippen LogP contribution >= 0.6 is 0 Å². The van der Waals surface area contributed by atoms with Crippen molar-refractivity contribution in [3.8, 4) is 0 Å². The van der Waals surface area contributed by atoms with E-state index in [4.69, 9.17) is 4.74 Å². The van der Waals surface area contributed by atoms with Crippen molar-refractivity contribution in [2.45, 2.75) is 26.4 Å². The molecular weight excluding hydrogens is 192 g/mol. The molecule has 1 amide bonds. The van der Waals surface area contributed by atoms with Crippen molar-refractivity contribution in [3.05, 3.63) is 0 Å². The van der Waals surface area contributed by atoms with Gasteiger partial charge in [0, 0.05) is 26.7 Å². The van der Waals surface area contributed by atoms with Gasteiger partial charge in [-0.3, -0.25) is 9.69 Å². The topological polar surface area (TPSA) is 41.6 Å². The van der Waals surface area contributed by atoms with E-state index in [2.05, 4.69) is 24.1 Å². The van der Waals surface area contributed by atoms with E-state index in [1.807, 2.05) is 6.92 Å². The second-order valence-electron chi connectivity index (χ2n) is 4.79. The number of amides is 1. The highest BCUT2D eigenvalue weighted by Gasteiger charge is 2.38. The summed E-state index contributed by atoms with van der Waals surface area (Å²) in [4.78, 5) is 14.0. The van der Waals surface area contributed by atoms with Crippen molar-refractivity contribution in [2.75, 3.05) is 33.3 Å². The molecule has 4 heteroatoms. The molecule has 0 unspecified atom stereocenters. The van der Waals surface area contributed by atoms with Gasteiger partial charge < -0.3 is 10.1 Å². The summed E-state index contributed by atoms with van der Waals surface area (Å²) in [7, 11) is 1.65. The molecule has 88 valence electrons. The highest BCUT2D eigenvalue weighted by Crippen LogP contribution is 2.18. The number of ether oxygens (including phenoxy) is 1. The van der Waals surface area contributed by atoms with Gasteiger partial charge in [0.05, 0.1) is 6.61 Å². The molecule has 0 aromatic heterocycles. The van der Waals surface area contributed by atoms with Crippen LogP contribution in [0.5, 0.6) is 0 Å². The fourth-order valence-corrected chi connectivity index (χ4v) is 2.03. The zero-order valence-corrected chi connectivity index (χ0v) is 10.2. The Balaban J connectivity index is 2.58. The van der Waals surface area contributed by atoms with Gasteiger partial charge in [-0.1, -0.05) is 13.8 Å². The largest absolute Gasteiger partial charge is 0.363 e. The number of hydrogen-bond donors (Lipinski definition) is 1. The second-order valence-corrected chi connectivity index (χ2v) is 4.79. The number of morpholine rings is 1. The number of nitrogens with zero attached hydrogens (tertiary/aromatic N) is 1. The lowest BCUT2D eigenvalue weighted by Crippen LogP contribution is -2.58. The van der Waals surface area contributed by atoms with Crippen molar-refractivity contribution < 1.29 is 9.53 Å². The summed E-state index contributed by atoms with van der Waals surface area (Å²) < 4.78 is 5.58. The summed E-state index contributed by atoms with van der Waals surface area (Å²) in [5.74, 6) is 0.591. The first-order valence-electron chi connectivity index (χ1n) is 5.56. The molecule has 1 atom stereocenters. The maximum atomic E-state index is 11.7. The van der Waals surface area contributed by atoms with Crippen molar-refractivity contribution in [1.29, 1.82) is 0 Å². The van der Waals surface area contributed by atoms with Gasteiger partial charge in [-0.25, -0.2) is 0 Å². The number of likely N-dealkylation sites (N-methyl/N-ethyl adjacent to an activating group) is 1. The Bertz CT molecular complexity index is 231. The average Bonchev–Trinajstić information content (AvgIpc) is 2.15. The van der Waals surface area contributed by atoms with Gasteiger partial charge in [0.25, 0.3) is 5.91 Å². The summed E-state index contributed by atoms with van der Waals surface area (Å²) in [6, 6.07) is 0. The first kappa shape index (κ1) is 12.5. The van der Waals surface area contributed by atoms with Crippen LogP contribution in [-0.4, -0.2) is 49.7 Å². The Morgan fingerprint density at radius 1 is 1.60 bits per heavy atom. The average molecular weight is 214 g/mol. The third kappa shape index (κ3) is 3.18. The van der Waals surface area contributed by atoms with Crippen LogP contribution in [0, 0.1) is 5.92 Å². The quantitative estimate of drug-likeness (QED) is 0.743. The number of carbonyl (C=O) groups excluding carboxylic acids is 1. The molecule has 0 aromatic rings. The van der Waals surface area contributed by atoms with Crippen molar-refractivity contribution in [1.82, 2.24) is 10.2 Å². The van der Waals surface area contributed by atoms with E-state index in [1.54, 1.807) is 7.05 Å². The van der Waals surface area contributed by atoms with Crippen LogP contribution in [0.2, 0.25) is 0 Å². The van der Waals surface area contributed by atoms with E-state index in [0.717, 1.165) is 13.1 Å². The lowest BCUT2D eigenvalue weighted by atomic mass is 10.0. The molecule has 1 rings (SSSR count). The fourth-order valence-electron chi connectivity index (χ4n) is 2.03. The maximum absolute atomic E-state index is 11.7. The molecule has 1 saturated heterocycles. The minimum absolute atomic E-state index is 0.0315. The molecular formula is C11H22N2O2. The Morgan fingerprint density at radius 3 is 2.80 bits per heavy atom. The van der Waals surface area contributed by atoms with Gasteiger partial charge in [0.1, 0.15) is 0 Å². The van der Waals surface area contributed by atoms with Crippen LogP contribution in [0.25, 0.3) is 0 Å². The number of rotatable bonds is 3. The van der Waals surface area contributed by atoms with Crippen LogP contribution < -0.4 is 5.32 Å². The van der Waals surface area contributed by atoms with E-state index in [0.29, 0.717) is 19.1 Å². The van der Waals surface area contributed by atoms with Gasteiger partial charge in [0.15, 0.2) is 5.60 Å². The van der Waals surface area contributed by atoms with Gasteiger partial charge in [0.2, 0.25) is 0 Å². The van der Waals surface area contributed by atoms with Gasteiger partial charge in [-0.05, 0) is 12.8 Å². The van der Waals surface area contributed by atoms with Gasteiger partial charge in [-0.15, -0.1) is 0 Å².